The van der Waals surface area contributed by atoms with Crippen molar-refractivity contribution in [3.8, 4) is 11.1 Å². The lowest BCUT2D eigenvalue weighted by atomic mass is 9.64. The van der Waals surface area contributed by atoms with Gasteiger partial charge in [0.2, 0.25) is 0 Å². The minimum atomic E-state index is -0.547. The Morgan fingerprint density at radius 1 is 0.447 bits per heavy atom. The molecule has 8 rings (SSSR count). The van der Waals surface area contributed by atoms with E-state index < -0.39 is 5.41 Å². The number of nitrogens with zero attached hydrogens (tertiary/aromatic N) is 1. The maximum Gasteiger partial charge on any atom is 0.0755 e. The number of para-hydroxylation sites is 2. The van der Waals surface area contributed by atoms with Gasteiger partial charge in [0.1, 0.15) is 0 Å². The highest BCUT2D eigenvalue weighted by atomic mass is 35.5. The number of rotatable bonds is 1. The summed E-state index contributed by atoms with van der Waals surface area (Å²) in [5.41, 5.74) is 10.1. The van der Waals surface area contributed by atoms with Crippen LogP contribution in [0.3, 0.4) is 0 Å². The first-order valence-electron chi connectivity index (χ1n) is 12.8. The molecule has 0 unspecified atom stereocenters. The van der Waals surface area contributed by atoms with E-state index in [1.165, 1.54) is 44.2 Å². The Labute approximate surface area is 231 Å². The van der Waals surface area contributed by atoms with Crippen molar-refractivity contribution in [2.75, 3.05) is 4.90 Å². The van der Waals surface area contributed by atoms with E-state index in [0.717, 1.165) is 27.1 Å². The SMILES string of the molecule is Clc1ccc2c(c1)C1(c3cc(Cl)ccc3-2)c2ccccc2N(c2cccc3ccccc23)c2ccccc21. The Kier molecular flexibility index (Phi) is 4.62. The van der Waals surface area contributed by atoms with Gasteiger partial charge in [-0.15, -0.1) is 0 Å². The van der Waals surface area contributed by atoms with Crippen molar-refractivity contribution < 1.29 is 0 Å². The van der Waals surface area contributed by atoms with Crippen LogP contribution in [0.4, 0.5) is 17.1 Å². The largest absolute Gasteiger partial charge is 0.309 e. The molecule has 1 nitrogen and oxygen atoms in total. The van der Waals surface area contributed by atoms with Crippen molar-refractivity contribution in [2.24, 2.45) is 0 Å². The molecule has 1 heterocycles. The first-order chi connectivity index (χ1) is 18.7. The topological polar surface area (TPSA) is 3.24 Å². The summed E-state index contributed by atoms with van der Waals surface area (Å²) in [4.78, 5) is 2.42. The molecule has 6 aromatic carbocycles. The minimum absolute atomic E-state index is 0.547. The summed E-state index contributed by atoms with van der Waals surface area (Å²) in [6, 6.07) is 45.3. The molecule has 38 heavy (non-hydrogen) atoms. The monoisotopic (exact) mass is 525 g/mol. The second-order valence-electron chi connectivity index (χ2n) is 10.00. The van der Waals surface area contributed by atoms with E-state index in [1.807, 2.05) is 12.1 Å². The summed E-state index contributed by atoms with van der Waals surface area (Å²) in [7, 11) is 0. The van der Waals surface area contributed by atoms with Crippen LogP contribution in [0.25, 0.3) is 21.9 Å². The van der Waals surface area contributed by atoms with Gasteiger partial charge in [0.05, 0.1) is 22.5 Å². The van der Waals surface area contributed by atoms with Crippen LogP contribution in [-0.2, 0) is 5.41 Å². The summed E-state index contributed by atoms with van der Waals surface area (Å²) >= 11 is 13.4. The van der Waals surface area contributed by atoms with Gasteiger partial charge in [-0.2, -0.15) is 0 Å². The van der Waals surface area contributed by atoms with Gasteiger partial charge in [-0.25, -0.2) is 0 Å². The molecule has 180 valence electrons. The maximum absolute atomic E-state index is 6.71. The van der Waals surface area contributed by atoms with E-state index in [4.69, 9.17) is 23.2 Å². The van der Waals surface area contributed by atoms with Gasteiger partial charge in [0.15, 0.2) is 0 Å². The Morgan fingerprint density at radius 3 is 1.58 bits per heavy atom. The molecular formula is C35H21Cl2N. The van der Waals surface area contributed by atoms with Gasteiger partial charge in [0.25, 0.3) is 0 Å². The molecule has 0 aromatic heterocycles. The van der Waals surface area contributed by atoms with Crippen molar-refractivity contribution in [3.63, 3.8) is 0 Å². The third-order valence-electron chi connectivity index (χ3n) is 8.17. The zero-order chi connectivity index (χ0) is 25.4. The highest BCUT2D eigenvalue weighted by Crippen LogP contribution is 2.64. The first kappa shape index (κ1) is 22.0. The Bertz CT molecular complexity index is 1820. The van der Waals surface area contributed by atoms with E-state index in [1.54, 1.807) is 0 Å². The van der Waals surface area contributed by atoms with Crippen molar-refractivity contribution >= 4 is 51.0 Å². The highest BCUT2D eigenvalue weighted by Gasteiger charge is 2.51. The molecule has 0 fully saturated rings. The maximum atomic E-state index is 6.71. The molecule has 0 saturated carbocycles. The van der Waals surface area contributed by atoms with Gasteiger partial charge >= 0.3 is 0 Å². The van der Waals surface area contributed by atoms with Crippen LogP contribution in [0.5, 0.6) is 0 Å². The van der Waals surface area contributed by atoms with Crippen LogP contribution in [0.2, 0.25) is 10.0 Å². The highest BCUT2D eigenvalue weighted by molar-refractivity contribution is 6.31. The number of benzene rings is 6. The smallest absolute Gasteiger partial charge is 0.0755 e. The van der Waals surface area contributed by atoms with E-state index in [9.17, 15) is 0 Å². The lowest BCUT2D eigenvalue weighted by Crippen LogP contribution is -2.36. The minimum Gasteiger partial charge on any atom is -0.309 e. The molecule has 0 N–H and O–H groups in total. The normalized spacial score (nSPS) is 14.2. The quantitative estimate of drug-likeness (QED) is 0.206. The molecule has 0 saturated heterocycles. The standard InChI is InChI=1S/C35H21Cl2N/c36-23-16-18-26-27-19-17-24(37)21-31(27)35(30(26)20-23)28-11-3-5-13-33(28)38(34-14-6-4-12-29(34)35)32-15-7-9-22-8-1-2-10-25(22)32/h1-21H. The molecule has 1 spiro atoms. The van der Waals surface area contributed by atoms with Crippen molar-refractivity contribution in [3.05, 3.63) is 160 Å². The van der Waals surface area contributed by atoms with Crippen LogP contribution in [0.1, 0.15) is 22.3 Å². The second-order valence-corrected chi connectivity index (χ2v) is 10.9. The zero-order valence-electron chi connectivity index (χ0n) is 20.3. The fourth-order valence-electron chi connectivity index (χ4n) is 6.76. The third kappa shape index (κ3) is 2.78. The zero-order valence-corrected chi connectivity index (χ0v) is 21.8. The average Bonchev–Trinajstić information content (AvgIpc) is 3.22. The number of halogens is 2. The Balaban J connectivity index is 1.55. The summed E-state index contributed by atoms with van der Waals surface area (Å²) in [5, 5.41) is 3.89. The number of hydrogen-bond donors (Lipinski definition) is 0. The van der Waals surface area contributed by atoms with Crippen LogP contribution in [0.15, 0.2) is 127 Å². The van der Waals surface area contributed by atoms with Crippen LogP contribution in [0, 0.1) is 0 Å². The predicted molar refractivity (Wildman–Crippen MR) is 160 cm³/mol. The molecule has 1 aliphatic heterocycles. The number of anilines is 3. The van der Waals surface area contributed by atoms with Gasteiger partial charge in [-0.3, -0.25) is 0 Å². The summed E-state index contributed by atoms with van der Waals surface area (Å²) in [6.07, 6.45) is 0. The lowest BCUT2D eigenvalue weighted by molar-refractivity contribution is 0.753. The van der Waals surface area contributed by atoms with Crippen LogP contribution >= 0.6 is 23.2 Å². The summed E-state index contributed by atoms with van der Waals surface area (Å²) in [5.74, 6) is 0. The molecule has 0 radical (unpaired) electrons. The molecule has 0 amide bonds. The van der Waals surface area contributed by atoms with E-state index in [2.05, 4.69) is 120 Å². The third-order valence-corrected chi connectivity index (χ3v) is 8.64. The summed E-state index contributed by atoms with van der Waals surface area (Å²) in [6.45, 7) is 0. The van der Waals surface area contributed by atoms with E-state index >= 15 is 0 Å². The molecule has 1 aliphatic carbocycles. The molecule has 0 bridgehead atoms. The van der Waals surface area contributed by atoms with Crippen molar-refractivity contribution in [2.45, 2.75) is 5.41 Å². The fourth-order valence-corrected chi connectivity index (χ4v) is 7.10. The molecule has 2 aliphatic rings. The molecule has 6 aromatic rings. The lowest BCUT2D eigenvalue weighted by Gasteiger charge is -2.45. The Morgan fingerprint density at radius 2 is 0.947 bits per heavy atom. The number of hydrogen-bond acceptors (Lipinski definition) is 1. The van der Waals surface area contributed by atoms with Crippen molar-refractivity contribution in [1.82, 2.24) is 0 Å². The van der Waals surface area contributed by atoms with Crippen LogP contribution < -0.4 is 4.90 Å². The molecular weight excluding hydrogens is 505 g/mol. The van der Waals surface area contributed by atoms with Gasteiger partial charge < -0.3 is 4.90 Å². The molecule has 0 atom stereocenters. The van der Waals surface area contributed by atoms with Gasteiger partial charge in [-0.1, -0.05) is 108 Å². The van der Waals surface area contributed by atoms with Gasteiger partial charge in [-0.05, 0) is 81.2 Å². The van der Waals surface area contributed by atoms with E-state index in [-0.39, 0.29) is 0 Å². The van der Waals surface area contributed by atoms with Crippen molar-refractivity contribution in [1.29, 1.82) is 0 Å². The van der Waals surface area contributed by atoms with Gasteiger partial charge in [0, 0.05) is 15.4 Å². The second kappa shape index (κ2) is 7.98. The average molecular weight is 526 g/mol. The van der Waals surface area contributed by atoms with E-state index in [0.29, 0.717) is 0 Å². The fraction of sp³-hybridized carbons (Fsp3) is 0.0286. The predicted octanol–water partition coefficient (Wildman–Crippen LogP) is 10.3. The van der Waals surface area contributed by atoms with Crippen LogP contribution in [-0.4, -0.2) is 0 Å². The molecule has 3 heteroatoms. The Hall–Kier alpha value is -4.04. The summed E-state index contributed by atoms with van der Waals surface area (Å²) < 4.78 is 0. The first-order valence-corrected chi connectivity index (χ1v) is 13.5. The number of fused-ring (bicyclic) bond motifs is 10.